The molecule has 6 rings (SSSR count). The fraction of sp³-hybridized carbons (Fsp3) is 0.487. The van der Waals surface area contributed by atoms with Gasteiger partial charge in [0.05, 0.1) is 44.4 Å². The highest BCUT2D eigenvalue weighted by Gasteiger charge is 2.46. The van der Waals surface area contributed by atoms with Gasteiger partial charge in [0.25, 0.3) is 0 Å². The van der Waals surface area contributed by atoms with Crippen LogP contribution in [0.3, 0.4) is 0 Å². The molecule has 1 atom stereocenters. The van der Waals surface area contributed by atoms with Crippen LogP contribution < -0.4 is 19.1 Å². The summed E-state index contributed by atoms with van der Waals surface area (Å²) in [6, 6.07) is 22.7. The van der Waals surface area contributed by atoms with Crippen LogP contribution in [-0.2, 0) is 29.0 Å². The van der Waals surface area contributed by atoms with Crippen LogP contribution in [0.15, 0.2) is 66.7 Å². The van der Waals surface area contributed by atoms with Gasteiger partial charge in [-0.1, -0.05) is 42.5 Å². The Morgan fingerprint density at radius 2 is 1.57 bits per heavy atom. The Morgan fingerprint density at radius 1 is 0.816 bits per heavy atom. The number of benzene rings is 3. The van der Waals surface area contributed by atoms with E-state index < -0.39 is 5.41 Å². The summed E-state index contributed by atoms with van der Waals surface area (Å²) in [6.45, 7) is 10.0. The van der Waals surface area contributed by atoms with Crippen molar-refractivity contribution in [2.45, 2.75) is 45.7 Å². The van der Waals surface area contributed by atoms with Crippen LogP contribution in [0.4, 0.5) is 5.95 Å². The molecule has 0 aliphatic carbocycles. The Hall–Kier alpha value is -4.28. The van der Waals surface area contributed by atoms with Crippen molar-refractivity contribution in [2.75, 3.05) is 78.7 Å². The Morgan fingerprint density at radius 3 is 2.31 bits per heavy atom. The summed E-state index contributed by atoms with van der Waals surface area (Å²) < 4.78 is 24.8. The minimum Gasteiger partial charge on any atom is -0.493 e. The van der Waals surface area contributed by atoms with Gasteiger partial charge in [-0.25, -0.2) is 4.98 Å². The van der Waals surface area contributed by atoms with Crippen molar-refractivity contribution in [3.63, 3.8) is 0 Å². The number of amides is 1. The summed E-state index contributed by atoms with van der Waals surface area (Å²) in [6.07, 6.45) is 3.43. The SMILES string of the molecule is CCOCCn1c(N2CCCN(CCC3(Cc4ccccc4)CCN(Cc4cc(OC)c(OC)c(OC)c4)C3=O)CC2)nc2ccccc21. The van der Waals surface area contributed by atoms with Crippen molar-refractivity contribution in [1.82, 2.24) is 19.4 Å². The summed E-state index contributed by atoms with van der Waals surface area (Å²) in [7, 11) is 4.84. The summed E-state index contributed by atoms with van der Waals surface area (Å²) in [4.78, 5) is 26.5. The van der Waals surface area contributed by atoms with Gasteiger partial charge in [-0.05, 0) is 81.1 Å². The molecule has 3 heterocycles. The third-order valence-electron chi connectivity index (χ3n) is 10.2. The molecule has 0 N–H and O–H groups in total. The first-order valence-electron chi connectivity index (χ1n) is 17.6. The second-order valence-corrected chi connectivity index (χ2v) is 13.1. The normalized spacial score (nSPS) is 18.7. The topological polar surface area (TPSA) is 81.5 Å². The van der Waals surface area contributed by atoms with Gasteiger partial charge in [0.1, 0.15) is 0 Å². The second kappa shape index (κ2) is 16.0. The summed E-state index contributed by atoms with van der Waals surface area (Å²) >= 11 is 0. The molecular weight excluding hydrogens is 618 g/mol. The van der Waals surface area contributed by atoms with Gasteiger partial charge in [0.15, 0.2) is 11.5 Å². The number of fused-ring (bicyclic) bond motifs is 1. The number of carbonyl (C=O) groups is 1. The highest BCUT2D eigenvalue weighted by molar-refractivity contribution is 5.85. The van der Waals surface area contributed by atoms with Gasteiger partial charge in [-0.3, -0.25) is 4.79 Å². The summed E-state index contributed by atoms with van der Waals surface area (Å²) in [5, 5.41) is 0. The molecule has 0 spiro atoms. The van der Waals surface area contributed by atoms with Crippen LogP contribution in [-0.4, -0.2) is 99.1 Å². The zero-order valence-corrected chi connectivity index (χ0v) is 29.5. The van der Waals surface area contributed by atoms with Gasteiger partial charge in [0.2, 0.25) is 17.6 Å². The van der Waals surface area contributed by atoms with E-state index in [0.29, 0.717) is 43.6 Å². The molecule has 2 aliphatic rings. The minimum atomic E-state index is -0.457. The molecule has 1 unspecified atom stereocenters. The van der Waals surface area contributed by atoms with Crippen molar-refractivity contribution in [1.29, 1.82) is 0 Å². The highest BCUT2D eigenvalue weighted by Crippen LogP contribution is 2.42. The molecule has 4 aromatic rings. The van der Waals surface area contributed by atoms with Crippen LogP contribution in [0.1, 0.15) is 37.3 Å². The number of para-hydroxylation sites is 2. The van der Waals surface area contributed by atoms with Crippen molar-refractivity contribution in [3.05, 3.63) is 77.9 Å². The van der Waals surface area contributed by atoms with E-state index in [4.69, 9.17) is 23.9 Å². The molecule has 3 aromatic carbocycles. The minimum absolute atomic E-state index is 0.226. The molecule has 1 aromatic heterocycles. The zero-order chi connectivity index (χ0) is 34.2. The van der Waals surface area contributed by atoms with Crippen LogP contribution >= 0.6 is 0 Å². The number of rotatable bonds is 15. The fourth-order valence-corrected chi connectivity index (χ4v) is 7.55. The number of imidazole rings is 1. The van der Waals surface area contributed by atoms with E-state index in [-0.39, 0.29) is 5.91 Å². The van der Waals surface area contributed by atoms with E-state index in [2.05, 4.69) is 62.9 Å². The third kappa shape index (κ3) is 7.65. The van der Waals surface area contributed by atoms with E-state index in [1.807, 2.05) is 30.0 Å². The Labute approximate surface area is 290 Å². The lowest BCUT2D eigenvalue weighted by Crippen LogP contribution is -2.40. The molecule has 0 radical (unpaired) electrons. The maximum Gasteiger partial charge on any atom is 0.229 e. The molecule has 0 bridgehead atoms. The van der Waals surface area contributed by atoms with Crippen LogP contribution in [0.2, 0.25) is 0 Å². The molecule has 2 fully saturated rings. The van der Waals surface area contributed by atoms with Crippen molar-refractivity contribution in [2.24, 2.45) is 5.41 Å². The lowest BCUT2D eigenvalue weighted by atomic mass is 9.77. The number of nitrogens with zero attached hydrogens (tertiary/aromatic N) is 5. The highest BCUT2D eigenvalue weighted by atomic mass is 16.5. The molecular formula is C39H51N5O5. The first-order chi connectivity index (χ1) is 24.0. The van der Waals surface area contributed by atoms with E-state index in [0.717, 1.165) is 87.5 Å². The van der Waals surface area contributed by atoms with Gasteiger partial charge in [-0.15, -0.1) is 0 Å². The standard InChI is InChI=1S/C39H51N5O5/c1-5-49-25-24-44-33-15-10-9-14-32(33)40-38(44)42-19-11-18-41(22-23-42)20-16-39(28-30-12-7-6-8-13-30)17-21-43(37(39)45)29-31-26-34(46-2)36(48-4)35(27-31)47-3/h6-10,12-15,26-27H,5,11,16-25,28-29H2,1-4H3. The first-order valence-corrected chi connectivity index (χ1v) is 17.6. The molecule has 0 saturated carbocycles. The molecule has 2 saturated heterocycles. The zero-order valence-electron chi connectivity index (χ0n) is 29.5. The maximum absolute atomic E-state index is 14.5. The number of ether oxygens (including phenoxy) is 4. The molecule has 10 nitrogen and oxygen atoms in total. The Balaban J connectivity index is 1.16. The van der Waals surface area contributed by atoms with E-state index in [1.54, 1.807) is 21.3 Å². The molecule has 262 valence electrons. The Bertz CT molecular complexity index is 1670. The number of anilines is 1. The van der Waals surface area contributed by atoms with E-state index in [9.17, 15) is 4.79 Å². The summed E-state index contributed by atoms with van der Waals surface area (Å²) in [5.74, 6) is 3.00. The van der Waals surface area contributed by atoms with Crippen LogP contribution in [0, 0.1) is 5.41 Å². The van der Waals surface area contributed by atoms with Crippen LogP contribution in [0.25, 0.3) is 11.0 Å². The first kappa shape index (κ1) is 34.6. The third-order valence-corrected chi connectivity index (χ3v) is 10.2. The van der Waals surface area contributed by atoms with Gasteiger partial charge >= 0.3 is 0 Å². The van der Waals surface area contributed by atoms with Crippen molar-refractivity contribution in [3.8, 4) is 17.2 Å². The molecule has 2 aliphatic heterocycles. The molecule has 49 heavy (non-hydrogen) atoms. The maximum atomic E-state index is 14.5. The molecule has 1 amide bonds. The van der Waals surface area contributed by atoms with Crippen LogP contribution in [0.5, 0.6) is 17.2 Å². The van der Waals surface area contributed by atoms with E-state index in [1.165, 1.54) is 5.56 Å². The Kier molecular flexibility index (Phi) is 11.3. The smallest absolute Gasteiger partial charge is 0.229 e. The number of hydrogen-bond donors (Lipinski definition) is 0. The van der Waals surface area contributed by atoms with E-state index >= 15 is 0 Å². The summed E-state index contributed by atoms with van der Waals surface area (Å²) in [5.41, 5.74) is 3.88. The molecule has 10 heteroatoms. The monoisotopic (exact) mass is 669 g/mol. The number of aromatic nitrogens is 2. The van der Waals surface area contributed by atoms with Crippen molar-refractivity contribution < 1.29 is 23.7 Å². The van der Waals surface area contributed by atoms with Gasteiger partial charge in [-0.2, -0.15) is 0 Å². The number of methoxy groups -OCH3 is 3. The number of hydrogen-bond acceptors (Lipinski definition) is 8. The number of likely N-dealkylation sites (tertiary alicyclic amines) is 1. The predicted molar refractivity (Wildman–Crippen MR) is 193 cm³/mol. The van der Waals surface area contributed by atoms with Gasteiger partial charge < -0.3 is 38.2 Å². The lowest BCUT2D eigenvalue weighted by Gasteiger charge is -2.31. The van der Waals surface area contributed by atoms with Crippen molar-refractivity contribution >= 4 is 22.9 Å². The largest absolute Gasteiger partial charge is 0.493 e. The second-order valence-electron chi connectivity index (χ2n) is 13.1. The predicted octanol–water partition coefficient (Wildman–Crippen LogP) is 5.66. The fourth-order valence-electron chi connectivity index (χ4n) is 7.55. The van der Waals surface area contributed by atoms with Gasteiger partial charge in [0, 0.05) is 45.9 Å². The number of carbonyl (C=O) groups excluding carboxylic acids is 1. The average Bonchev–Trinajstić information content (AvgIpc) is 3.53. The average molecular weight is 670 g/mol. The lowest BCUT2D eigenvalue weighted by molar-refractivity contribution is -0.137. The quantitative estimate of drug-likeness (QED) is 0.150.